The normalized spacial score (nSPS) is 11.7. The quantitative estimate of drug-likeness (QED) is 0.762. The van der Waals surface area contributed by atoms with Crippen molar-refractivity contribution in [3.05, 3.63) is 18.2 Å². The van der Waals surface area contributed by atoms with E-state index < -0.39 is 0 Å². The van der Waals surface area contributed by atoms with Crippen LogP contribution in [0.25, 0.3) is 0 Å². The zero-order valence-corrected chi connectivity index (χ0v) is 12.1. The molecule has 0 aliphatic carbocycles. The molecule has 102 valence electrons. The molecule has 0 aromatic heterocycles. The van der Waals surface area contributed by atoms with Crippen molar-refractivity contribution in [2.75, 3.05) is 45.3 Å². The molecule has 4 nitrogen and oxygen atoms in total. The second-order valence-electron chi connectivity index (χ2n) is 5.68. The molecular formula is C14H25N3O. The van der Waals surface area contributed by atoms with Crippen molar-refractivity contribution >= 4 is 11.4 Å². The highest BCUT2D eigenvalue weighted by Gasteiger charge is 2.19. The number of hydrogen-bond acceptors (Lipinski definition) is 4. The Kier molecular flexibility index (Phi) is 4.84. The summed E-state index contributed by atoms with van der Waals surface area (Å²) < 4.78 is 5.21. The van der Waals surface area contributed by atoms with Crippen molar-refractivity contribution in [2.45, 2.75) is 13.8 Å². The number of nitrogen functional groups attached to an aromatic ring is 1. The zero-order chi connectivity index (χ0) is 13.8. The lowest BCUT2D eigenvalue weighted by Crippen LogP contribution is -2.34. The first-order valence-corrected chi connectivity index (χ1v) is 6.17. The van der Waals surface area contributed by atoms with Crippen LogP contribution in [-0.2, 0) is 0 Å². The Morgan fingerprint density at radius 2 is 2.00 bits per heavy atom. The van der Waals surface area contributed by atoms with Crippen molar-refractivity contribution in [1.29, 1.82) is 0 Å². The number of nitrogens with zero attached hydrogens (tertiary/aromatic N) is 1. The summed E-state index contributed by atoms with van der Waals surface area (Å²) in [6.45, 7) is 6.35. The molecule has 0 bridgehead atoms. The highest BCUT2D eigenvalue weighted by molar-refractivity contribution is 5.72. The lowest BCUT2D eigenvalue weighted by atomic mass is 9.93. The molecular weight excluding hydrogens is 226 g/mol. The maximum atomic E-state index is 6.03. The molecule has 0 unspecified atom stereocenters. The monoisotopic (exact) mass is 251 g/mol. The number of rotatable bonds is 6. The van der Waals surface area contributed by atoms with E-state index in [1.807, 2.05) is 18.2 Å². The van der Waals surface area contributed by atoms with E-state index in [9.17, 15) is 0 Å². The fourth-order valence-electron chi connectivity index (χ4n) is 2.12. The first-order valence-electron chi connectivity index (χ1n) is 6.17. The molecule has 0 spiro atoms. The van der Waals surface area contributed by atoms with Gasteiger partial charge in [-0.15, -0.1) is 0 Å². The Hall–Kier alpha value is -1.42. The van der Waals surface area contributed by atoms with E-state index in [0.717, 1.165) is 18.8 Å². The van der Waals surface area contributed by atoms with Crippen LogP contribution in [0.4, 0.5) is 11.4 Å². The highest BCUT2D eigenvalue weighted by Crippen LogP contribution is 2.29. The van der Waals surface area contributed by atoms with Crippen LogP contribution in [0.5, 0.6) is 5.75 Å². The van der Waals surface area contributed by atoms with Gasteiger partial charge in [0, 0.05) is 13.1 Å². The lowest BCUT2D eigenvalue weighted by Gasteiger charge is -2.29. The molecule has 0 aliphatic heterocycles. The summed E-state index contributed by atoms with van der Waals surface area (Å²) in [7, 11) is 5.80. The standard InChI is InChI=1S/C14H25N3O/c1-14(2,10-17(3)4)9-16-11-7-6-8-12(18-5)13(11)15/h6-8,16H,9-10,15H2,1-5H3. The van der Waals surface area contributed by atoms with Gasteiger partial charge in [-0.2, -0.15) is 0 Å². The molecule has 0 aliphatic rings. The van der Waals surface area contributed by atoms with Gasteiger partial charge in [-0.05, 0) is 31.6 Å². The largest absolute Gasteiger partial charge is 0.495 e. The number of nitrogens with two attached hydrogens (primary N) is 1. The van der Waals surface area contributed by atoms with Crippen LogP contribution in [0.15, 0.2) is 18.2 Å². The fraction of sp³-hybridized carbons (Fsp3) is 0.571. The van der Waals surface area contributed by atoms with Crippen molar-refractivity contribution in [2.24, 2.45) is 5.41 Å². The second kappa shape index (κ2) is 5.96. The molecule has 0 amide bonds. The second-order valence-corrected chi connectivity index (χ2v) is 5.68. The number of anilines is 2. The Morgan fingerprint density at radius 3 is 2.56 bits per heavy atom. The van der Waals surface area contributed by atoms with Crippen molar-refractivity contribution in [3.63, 3.8) is 0 Å². The molecule has 0 saturated carbocycles. The number of hydrogen-bond donors (Lipinski definition) is 2. The molecule has 0 saturated heterocycles. The van der Waals surface area contributed by atoms with Gasteiger partial charge < -0.3 is 20.7 Å². The molecule has 0 fully saturated rings. The van der Waals surface area contributed by atoms with E-state index in [1.54, 1.807) is 7.11 Å². The molecule has 18 heavy (non-hydrogen) atoms. The predicted molar refractivity (Wildman–Crippen MR) is 78.2 cm³/mol. The molecule has 4 heteroatoms. The van der Waals surface area contributed by atoms with Gasteiger partial charge >= 0.3 is 0 Å². The SMILES string of the molecule is COc1cccc(NCC(C)(C)CN(C)C)c1N. The number of benzene rings is 1. The third kappa shape index (κ3) is 4.11. The summed E-state index contributed by atoms with van der Waals surface area (Å²) in [4.78, 5) is 2.19. The minimum Gasteiger partial charge on any atom is -0.495 e. The van der Waals surface area contributed by atoms with Gasteiger partial charge in [-0.3, -0.25) is 0 Å². The fourth-order valence-corrected chi connectivity index (χ4v) is 2.12. The summed E-state index contributed by atoms with van der Waals surface area (Å²) in [5.41, 5.74) is 7.81. The average Bonchev–Trinajstić information content (AvgIpc) is 2.26. The smallest absolute Gasteiger partial charge is 0.143 e. The van der Waals surface area contributed by atoms with Crippen molar-refractivity contribution in [3.8, 4) is 5.75 Å². The summed E-state index contributed by atoms with van der Waals surface area (Å²) in [5, 5.41) is 3.40. The summed E-state index contributed by atoms with van der Waals surface area (Å²) in [5.74, 6) is 0.713. The van der Waals surface area contributed by atoms with Crippen LogP contribution in [0.1, 0.15) is 13.8 Å². The topological polar surface area (TPSA) is 50.5 Å². The van der Waals surface area contributed by atoms with Gasteiger partial charge in [-0.1, -0.05) is 19.9 Å². The van der Waals surface area contributed by atoms with Crippen molar-refractivity contribution < 1.29 is 4.74 Å². The minimum absolute atomic E-state index is 0.180. The Morgan fingerprint density at radius 1 is 1.33 bits per heavy atom. The van der Waals surface area contributed by atoms with E-state index in [1.165, 1.54) is 0 Å². The molecule has 0 heterocycles. The maximum absolute atomic E-state index is 6.03. The van der Waals surface area contributed by atoms with Crippen LogP contribution in [0, 0.1) is 5.41 Å². The Balaban J connectivity index is 2.69. The molecule has 1 rings (SSSR count). The van der Waals surface area contributed by atoms with Gasteiger partial charge in [0.25, 0.3) is 0 Å². The lowest BCUT2D eigenvalue weighted by molar-refractivity contribution is 0.254. The van der Waals surface area contributed by atoms with Gasteiger partial charge in [0.15, 0.2) is 0 Å². The molecule has 1 aromatic rings. The van der Waals surface area contributed by atoms with Crippen LogP contribution >= 0.6 is 0 Å². The summed E-state index contributed by atoms with van der Waals surface area (Å²) in [6, 6.07) is 5.78. The van der Waals surface area contributed by atoms with E-state index >= 15 is 0 Å². The number of ether oxygens (including phenoxy) is 1. The third-order valence-electron chi connectivity index (χ3n) is 2.79. The molecule has 0 atom stereocenters. The van der Waals surface area contributed by atoms with Gasteiger partial charge in [-0.25, -0.2) is 0 Å². The van der Waals surface area contributed by atoms with Gasteiger partial charge in [0.05, 0.1) is 18.5 Å². The van der Waals surface area contributed by atoms with Crippen molar-refractivity contribution in [1.82, 2.24) is 4.90 Å². The minimum atomic E-state index is 0.180. The van der Waals surface area contributed by atoms with Crippen LogP contribution < -0.4 is 15.8 Å². The first kappa shape index (κ1) is 14.6. The predicted octanol–water partition coefficient (Wildman–Crippen LogP) is 2.28. The van der Waals surface area contributed by atoms with Gasteiger partial charge in [0.2, 0.25) is 0 Å². The third-order valence-corrected chi connectivity index (χ3v) is 2.79. The maximum Gasteiger partial charge on any atom is 0.143 e. The highest BCUT2D eigenvalue weighted by atomic mass is 16.5. The molecule has 0 radical (unpaired) electrons. The van der Waals surface area contributed by atoms with E-state index in [2.05, 4.69) is 38.2 Å². The van der Waals surface area contributed by atoms with Gasteiger partial charge in [0.1, 0.15) is 5.75 Å². The number of para-hydroxylation sites is 1. The Labute approximate surface area is 110 Å². The van der Waals surface area contributed by atoms with Crippen LogP contribution in [0.3, 0.4) is 0 Å². The van der Waals surface area contributed by atoms with Crippen LogP contribution in [0.2, 0.25) is 0 Å². The summed E-state index contributed by atoms with van der Waals surface area (Å²) >= 11 is 0. The number of nitrogens with one attached hydrogen (secondary N) is 1. The Bertz CT molecular complexity index is 389. The number of methoxy groups -OCH3 is 1. The van der Waals surface area contributed by atoms with E-state index in [4.69, 9.17) is 10.5 Å². The van der Waals surface area contributed by atoms with Crippen LogP contribution in [-0.4, -0.2) is 39.2 Å². The van der Waals surface area contributed by atoms with E-state index in [-0.39, 0.29) is 5.41 Å². The summed E-state index contributed by atoms with van der Waals surface area (Å²) in [6.07, 6.45) is 0. The molecule has 3 N–H and O–H groups in total. The first-order chi connectivity index (χ1) is 8.35. The zero-order valence-electron chi connectivity index (χ0n) is 12.1. The average molecular weight is 251 g/mol. The van der Waals surface area contributed by atoms with E-state index in [0.29, 0.717) is 11.4 Å². The molecule has 1 aromatic carbocycles.